The Kier molecular flexibility index (Phi) is 7.80. The van der Waals surface area contributed by atoms with E-state index < -0.39 is 12.1 Å². The number of ether oxygens (including phenoxy) is 4. The molecule has 34 heavy (non-hydrogen) atoms. The molecule has 8 heteroatoms. The highest BCUT2D eigenvalue weighted by atomic mass is 16.6. The molecule has 2 aromatic carbocycles. The molecule has 0 aliphatic carbocycles. The summed E-state index contributed by atoms with van der Waals surface area (Å²) < 4.78 is 22.1. The predicted octanol–water partition coefficient (Wildman–Crippen LogP) is 3.06. The molecule has 182 valence electrons. The van der Waals surface area contributed by atoms with E-state index in [-0.39, 0.29) is 18.9 Å². The van der Waals surface area contributed by atoms with Crippen LogP contribution in [0.4, 0.5) is 0 Å². The second-order valence-electron chi connectivity index (χ2n) is 8.41. The van der Waals surface area contributed by atoms with Gasteiger partial charge in [0.15, 0.2) is 11.5 Å². The van der Waals surface area contributed by atoms with Gasteiger partial charge in [-0.2, -0.15) is 0 Å². The number of hydrogen-bond acceptors (Lipinski definition) is 7. The number of carbonyl (C=O) groups excluding carboxylic acids is 1. The summed E-state index contributed by atoms with van der Waals surface area (Å²) >= 11 is 0. The number of aliphatic hydroxyl groups excluding tert-OH is 1. The lowest BCUT2D eigenvalue weighted by atomic mass is 10.0. The van der Waals surface area contributed by atoms with Crippen LogP contribution in [-0.4, -0.2) is 62.0 Å². The van der Waals surface area contributed by atoms with Crippen molar-refractivity contribution in [2.24, 2.45) is 0 Å². The van der Waals surface area contributed by atoms with Crippen LogP contribution in [0.25, 0.3) is 0 Å². The number of carbonyl (C=O) groups is 1. The molecule has 0 aromatic heterocycles. The number of aliphatic hydroxyl groups is 1. The van der Waals surface area contributed by atoms with Crippen LogP contribution in [0.3, 0.4) is 0 Å². The average Bonchev–Trinajstić information content (AvgIpc) is 3.27. The fourth-order valence-corrected chi connectivity index (χ4v) is 4.16. The van der Waals surface area contributed by atoms with Crippen molar-refractivity contribution in [1.29, 1.82) is 0 Å². The second kappa shape index (κ2) is 11.2. The fourth-order valence-electron chi connectivity index (χ4n) is 4.16. The van der Waals surface area contributed by atoms with Crippen LogP contribution < -0.4 is 24.3 Å². The first kappa shape index (κ1) is 23.8. The summed E-state index contributed by atoms with van der Waals surface area (Å²) in [5.74, 6) is 2.47. The van der Waals surface area contributed by atoms with E-state index in [1.165, 1.54) is 0 Å². The lowest BCUT2D eigenvalue weighted by molar-refractivity contribution is -0.123. The smallest absolute Gasteiger partial charge is 0.223 e. The molecule has 2 atom stereocenters. The molecule has 2 aliphatic rings. The molecule has 2 N–H and O–H groups in total. The number of nitrogens with one attached hydrogen (secondary N) is 1. The zero-order valence-electron chi connectivity index (χ0n) is 19.5. The van der Waals surface area contributed by atoms with Gasteiger partial charge in [0.2, 0.25) is 5.91 Å². The Morgan fingerprint density at radius 2 is 1.88 bits per heavy atom. The maximum atomic E-state index is 12.8. The molecule has 0 bridgehead atoms. The van der Waals surface area contributed by atoms with Crippen molar-refractivity contribution in [3.63, 3.8) is 0 Å². The molecule has 1 amide bonds. The largest absolute Gasteiger partial charge is 0.497 e. The van der Waals surface area contributed by atoms with Crippen LogP contribution in [0.2, 0.25) is 0 Å². The molecule has 0 spiro atoms. The first-order chi connectivity index (χ1) is 16.5. The monoisotopic (exact) mass is 468 g/mol. The standard InChI is InChI=1S/C26H32N2O6/c1-18-4-3-12-28(18)17-22(26(30)19-5-10-23-24(16-19)34-15-14-33-23)27-25(29)11-13-32-21-8-6-20(31-2)7-9-21/h5-10,16,22,26,30H,1,3-4,11-15,17H2,2H3,(H,27,29). The van der Waals surface area contributed by atoms with E-state index in [4.69, 9.17) is 18.9 Å². The Labute approximate surface area is 200 Å². The first-order valence-electron chi connectivity index (χ1n) is 11.6. The summed E-state index contributed by atoms with van der Waals surface area (Å²) in [4.78, 5) is 14.9. The molecular weight excluding hydrogens is 436 g/mol. The van der Waals surface area contributed by atoms with Gasteiger partial charge in [0.05, 0.1) is 26.2 Å². The molecular formula is C26H32N2O6. The van der Waals surface area contributed by atoms with Crippen molar-refractivity contribution < 1.29 is 28.8 Å². The Morgan fingerprint density at radius 1 is 1.15 bits per heavy atom. The van der Waals surface area contributed by atoms with Crippen LogP contribution in [-0.2, 0) is 4.79 Å². The Balaban J connectivity index is 1.39. The van der Waals surface area contributed by atoms with Gasteiger partial charge in [-0.1, -0.05) is 12.6 Å². The highest BCUT2D eigenvalue weighted by Crippen LogP contribution is 2.34. The van der Waals surface area contributed by atoms with Crippen molar-refractivity contribution >= 4 is 5.91 Å². The Morgan fingerprint density at radius 3 is 2.59 bits per heavy atom. The van der Waals surface area contributed by atoms with Crippen molar-refractivity contribution in [3.8, 4) is 23.0 Å². The van der Waals surface area contributed by atoms with E-state index in [0.717, 1.165) is 30.8 Å². The van der Waals surface area contributed by atoms with E-state index in [2.05, 4.69) is 16.8 Å². The number of likely N-dealkylation sites (tertiary alicyclic amines) is 1. The summed E-state index contributed by atoms with van der Waals surface area (Å²) in [6.07, 6.45) is 1.19. The number of hydrogen-bond donors (Lipinski definition) is 2. The molecule has 1 saturated heterocycles. The molecule has 0 radical (unpaired) electrons. The number of methoxy groups -OCH3 is 1. The van der Waals surface area contributed by atoms with Gasteiger partial charge in [0.1, 0.15) is 30.8 Å². The maximum Gasteiger partial charge on any atom is 0.223 e. The average molecular weight is 469 g/mol. The highest BCUT2D eigenvalue weighted by molar-refractivity contribution is 5.76. The highest BCUT2D eigenvalue weighted by Gasteiger charge is 2.28. The van der Waals surface area contributed by atoms with E-state index in [1.54, 1.807) is 43.5 Å². The quantitative estimate of drug-likeness (QED) is 0.554. The molecule has 2 heterocycles. The third-order valence-electron chi connectivity index (χ3n) is 6.05. The number of rotatable bonds is 10. The van der Waals surface area contributed by atoms with Gasteiger partial charge in [0.25, 0.3) is 0 Å². The van der Waals surface area contributed by atoms with Crippen LogP contribution in [0.5, 0.6) is 23.0 Å². The van der Waals surface area contributed by atoms with Gasteiger partial charge in [-0.05, 0) is 54.8 Å². The molecule has 4 rings (SSSR count). The van der Waals surface area contributed by atoms with Gasteiger partial charge in [0, 0.05) is 18.8 Å². The summed E-state index contributed by atoms with van der Waals surface area (Å²) in [5.41, 5.74) is 1.69. The second-order valence-corrected chi connectivity index (χ2v) is 8.41. The Bertz CT molecular complexity index is 993. The van der Waals surface area contributed by atoms with Crippen molar-refractivity contribution in [2.45, 2.75) is 31.4 Å². The lowest BCUT2D eigenvalue weighted by Crippen LogP contribution is -2.46. The number of benzene rings is 2. The zero-order valence-corrected chi connectivity index (χ0v) is 19.5. The van der Waals surface area contributed by atoms with Gasteiger partial charge >= 0.3 is 0 Å². The van der Waals surface area contributed by atoms with Crippen LogP contribution in [0, 0.1) is 0 Å². The molecule has 0 saturated carbocycles. The number of nitrogens with zero attached hydrogens (tertiary/aromatic N) is 1. The summed E-state index contributed by atoms with van der Waals surface area (Å²) in [6, 6.07) is 12.1. The van der Waals surface area contributed by atoms with E-state index in [0.29, 0.717) is 42.6 Å². The van der Waals surface area contributed by atoms with Crippen molar-refractivity contribution in [1.82, 2.24) is 10.2 Å². The van der Waals surface area contributed by atoms with Crippen LogP contribution in [0.15, 0.2) is 54.7 Å². The van der Waals surface area contributed by atoms with Gasteiger partial charge < -0.3 is 34.3 Å². The minimum absolute atomic E-state index is 0.164. The lowest BCUT2D eigenvalue weighted by Gasteiger charge is -2.31. The third kappa shape index (κ3) is 5.94. The normalized spacial score (nSPS) is 16.6. The number of fused-ring (bicyclic) bond motifs is 1. The fraction of sp³-hybridized carbons (Fsp3) is 0.423. The van der Waals surface area contributed by atoms with E-state index >= 15 is 0 Å². The van der Waals surface area contributed by atoms with Crippen molar-refractivity contribution in [3.05, 3.63) is 60.3 Å². The first-order valence-corrected chi connectivity index (χ1v) is 11.6. The number of allylic oxidation sites excluding steroid dienone is 1. The van der Waals surface area contributed by atoms with Crippen LogP contribution in [0.1, 0.15) is 30.9 Å². The van der Waals surface area contributed by atoms with Crippen LogP contribution >= 0.6 is 0 Å². The van der Waals surface area contributed by atoms with Gasteiger partial charge in [-0.15, -0.1) is 0 Å². The van der Waals surface area contributed by atoms with Gasteiger partial charge in [-0.25, -0.2) is 0 Å². The minimum atomic E-state index is -0.921. The van der Waals surface area contributed by atoms with Gasteiger partial charge in [-0.3, -0.25) is 4.79 Å². The summed E-state index contributed by atoms with van der Waals surface area (Å²) in [6.45, 7) is 6.65. The molecule has 1 fully saturated rings. The minimum Gasteiger partial charge on any atom is -0.497 e. The zero-order chi connectivity index (χ0) is 23.9. The molecule has 2 aliphatic heterocycles. The Hall–Kier alpha value is -3.39. The third-order valence-corrected chi connectivity index (χ3v) is 6.05. The number of amides is 1. The summed E-state index contributed by atoms with van der Waals surface area (Å²) in [7, 11) is 1.60. The van der Waals surface area contributed by atoms with E-state index in [9.17, 15) is 9.90 Å². The molecule has 2 unspecified atom stereocenters. The van der Waals surface area contributed by atoms with E-state index in [1.807, 2.05) is 6.07 Å². The predicted molar refractivity (Wildman–Crippen MR) is 127 cm³/mol. The SMILES string of the molecule is C=C1CCCN1CC(NC(=O)CCOc1ccc(OC)cc1)C(O)c1ccc2c(c1)OCCO2. The maximum absolute atomic E-state index is 12.8. The van der Waals surface area contributed by atoms with Crippen molar-refractivity contribution in [2.75, 3.05) is 40.0 Å². The molecule has 2 aromatic rings. The topological polar surface area (TPSA) is 89.5 Å². The summed E-state index contributed by atoms with van der Waals surface area (Å²) in [5, 5.41) is 14.2. The molecule has 8 nitrogen and oxygen atoms in total.